The number of aromatic nitrogens is 2. The van der Waals surface area contributed by atoms with E-state index in [1.165, 1.54) is 11.3 Å². The molecule has 0 saturated heterocycles. The first kappa shape index (κ1) is 17.8. The Hall–Kier alpha value is -2.58. The molecule has 0 N–H and O–H groups in total. The number of ether oxygens (including phenoxy) is 3. The summed E-state index contributed by atoms with van der Waals surface area (Å²) in [5.41, 5.74) is 0.732. The van der Waals surface area contributed by atoms with Crippen molar-refractivity contribution in [1.29, 1.82) is 0 Å². The molecule has 0 atom stereocenters. The molecule has 2 aromatic heterocycles. The third kappa shape index (κ3) is 4.23. The van der Waals surface area contributed by atoms with Gasteiger partial charge in [-0.15, -0.1) is 11.3 Å². The number of halogens is 1. The van der Waals surface area contributed by atoms with Crippen molar-refractivity contribution in [3.05, 3.63) is 46.1 Å². The van der Waals surface area contributed by atoms with Crippen LogP contribution in [0.15, 0.2) is 34.2 Å². The SMILES string of the molecule is O=C(CCc1nc(-c2cccs2)no1)OCc1cc(Cl)c2c(c1)OCCO2. The van der Waals surface area contributed by atoms with Gasteiger partial charge in [-0.05, 0) is 29.1 Å². The van der Waals surface area contributed by atoms with Crippen LogP contribution < -0.4 is 9.47 Å². The number of hydrogen-bond acceptors (Lipinski definition) is 8. The molecule has 0 amide bonds. The summed E-state index contributed by atoms with van der Waals surface area (Å²) in [6.45, 7) is 1.02. The van der Waals surface area contributed by atoms with Crippen molar-refractivity contribution < 1.29 is 23.5 Å². The molecule has 9 heteroatoms. The van der Waals surface area contributed by atoms with Gasteiger partial charge in [-0.3, -0.25) is 4.79 Å². The summed E-state index contributed by atoms with van der Waals surface area (Å²) < 4.78 is 21.4. The van der Waals surface area contributed by atoms with Gasteiger partial charge in [0.05, 0.1) is 16.3 Å². The molecular weight excluding hydrogens is 392 g/mol. The maximum Gasteiger partial charge on any atom is 0.306 e. The van der Waals surface area contributed by atoms with Gasteiger partial charge in [0.25, 0.3) is 0 Å². The molecule has 1 aliphatic heterocycles. The number of thiophene rings is 1. The Labute approximate surface area is 163 Å². The molecule has 0 unspecified atom stereocenters. The van der Waals surface area contributed by atoms with Gasteiger partial charge in [-0.1, -0.05) is 22.8 Å². The number of benzene rings is 1. The second-order valence-electron chi connectivity index (χ2n) is 5.75. The van der Waals surface area contributed by atoms with Crippen LogP contribution in [-0.2, 0) is 22.6 Å². The Morgan fingerprint density at radius 1 is 1.30 bits per heavy atom. The Morgan fingerprint density at radius 2 is 2.19 bits per heavy atom. The van der Waals surface area contributed by atoms with Gasteiger partial charge < -0.3 is 18.7 Å². The van der Waals surface area contributed by atoms with Crippen molar-refractivity contribution in [2.24, 2.45) is 0 Å². The van der Waals surface area contributed by atoms with E-state index in [0.29, 0.717) is 47.9 Å². The highest BCUT2D eigenvalue weighted by molar-refractivity contribution is 7.13. The molecule has 3 heterocycles. The highest BCUT2D eigenvalue weighted by Crippen LogP contribution is 2.38. The van der Waals surface area contributed by atoms with Crippen LogP contribution in [0.3, 0.4) is 0 Å². The summed E-state index contributed by atoms with van der Waals surface area (Å²) in [5, 5.41) is 6.29. The minimum atomic E-state index is -0.364. The van der Waals surface area contributed by atoms with E-state index in [0.717, 1.165) is 10.4 Å². The largest absolute Gasteiger partial charge is 0.486 e. The fourth-order valence-electron chi connectivity index (χ4n) is 2.55. The average Bonchev–Trinajstić information content (AvgIpc) is 3.36. The quantitative estimate of drug-likeness (QED) is 0.574. The van der Waals surface area contributed by atoms with Crippen molar-refractivity contribution in [3.63, 3.8) is 0 Å². The monoisotopic (exact) mass is 406 g/mol. The Bertz CT molecular complexity index is 941. The summed E-state index contributed by atoms with van der Waals surface area (Å²) in [7, 11) is 0. The second-order valence-corrected chi connectivity index (χ2v) is 7.11. The Morgan fingerprint density at radius 3 is 3.04 bits per heavy atom. The number of rotatable bonds is 6. The van der Waals surface area contributed by atoms with Crippen LogP contribution in [0.1, 0.15) is 17.9 Å². The Kier molecular flexibility index (Phi) is 5.26. The first-order valence-electron chi connectivity index (χ1n) is 8.29. The highest BCUT2D eigenvalue weighted by Gasteiger charge is 2.17. The molecule has 0 bridgehead atoms. The molecule has 7 nitrogen and oxygen atoms in total. The van der Waals surface area contributed by atoms with Crippen LogP contribution in [0.25, 0.3) is 10.7 Å². The van der Waals surface area contributed by atoms with Crippen molar-refractivity contribution >= 4 is 28.9 Å². The number of carbonyl (C=O) groups is 1. The van der Waals surface area contributed by atoms with Crippen LogP contribution in [0.5, 0.6) is 11.5 Å². The molecule has 140 valence electrons. The molecule has 3 aromatic rings. The van der Waals surface area contributed by atoms with E-state index in [2.05, 4.69) is 10.1 Å². The lowest BCUT2D eigenvalue weighted by Gasteiger charge is -2.20. The van der Waals surface area contributed by atoms with E-state index < -0.39 is 0 Å². The third-order valence-corrected chi connectivity index (χ3v) is 4.96. The number of hydrogen-bond donors (Lipinski definition) is 0. The van der Waals surface area contributed by atoms with Crippen molar-refractivity contribution in [3.8, 4) is 22.2 Å². The standard InChI is InChI=1S/C18H15ClN2O5S/c19-12-8-11(9-13-17(12)24-6-5-23-13)10-25-16(22)4-3-15-20-18(21-26-15)14-2-1-7-27-14/h1-2,7-9H,3-6,10H2. The number of carbonyl (C=O) groups excluding carboxylic acids is 1. The summed E-state index contributed by atoms with van der Waals surface area (Å²) in [5.74, 6) is 1.65. The van der Waals surface area contributed by atoms with Crippen molar-refractivity contribution in [2.45, 2.75) is 19.4 Å². The van der Waals surface area contributed by atoms with E-state index >= 15 is 0 Å². The minimum Gasteiger partial charge on any atom is -0.486 e. The summed E-state index contributed by atoms with van der Waals surface area (Å²) in [6, 6.07) is 7.29. The molecule has 0 spiro atoms. The number of esters is 1. The zero-order valence-corrected chi connectivity index (χ0v) is 15.7. The van der Waals surface area contributed by atoms with E-state index in [1.807, 2.05) is 17.5 Å². The van der Waals surface area contributed by atoms with E-state index in [1.54, 1.807) is 12.1 Å². The lowest BCUT2D eigenvalue weighted by Crippen LogP contribution is -2.16. The predicted octanol–water partition coefficient (Wildman–Crippen LogP) is 3.90. The van der Waals surface area contributed by atoms with E-state index in [-0.39, 0.29) is 19.0 Å². The van der Waals surface area contributed by atoms with Gasteiger partial charge >= 0.3 is 5.97 Å². The maximum atomic E-state index is 12.0. The molecular formula is C18H15ClN2O5S. The number of nitrogens with zero attached hydrogens (tertiary/aromatic N) is 2. The molecule has 0 aliphatic carbocycles. The van der Waals surface area contributed by atoms with Crippen LogP contribution >= 0.6 is 22.9 Å². The maximum absolute atomic E-state index is 12.0. The number of aryl methyl sites for hydroxylation is 1. The molecule has 0 radical (unpaired) electrons. The zero-order valence-electron chi connectivity index (χ0n) is 14.1. The van der Waals surface area contributed by atoms with E-state index in [9.17, 15) is 4.79 Å². The van der Waals surface area contributed by atoms with Crippen molar-refractivity contribution in [1.82, 2.24) is 10.1 Å². The predicted molar refractivity (Wildman–Crippen MR) is 98.2 cm³/mol. The van der Waals surface area contributed by atoms with Gasteiger partial charge in [-0.2, -0.15) is 4.98 Å². The molecule has 1 aliphatic rings. The molecule has 27 heavy (non-hydrogen) atoms. The topological polar surface area (TPSA) is 83.7 Å². The summed E-state index contributed by atoms with van der Waals surface area (Å²) >= 11 is 7.70. The first-order valence-corrected chi connectivity index (χ1v) is 9.55. The summed E-state index contributed by atoms with van der Waals surface area (Å²) in [4.78, 5) is 17.2. The summed E-state index contributed by atoms with van der Waals surface area (Å²) in [6.07, 6.45) is 0.462. The van der Waals surface area contributed by atoms with Crippen LogP contribution in [0.2, 0.25) is 5.02 Å². The number of fused-ring (bicyclic) bond motifs is 1. The van der Waals surface area contributed by atoms with Gasteiger partial charge in [-0.25, -0.2) is 0 Å². The van der Waals surface area contributed by atoms with Crippen LogP contribution in [0.4, 0.5) is 0 Å². The lowest BCUT2D eigenvalue weighted by molar-refractivity contribution is -0.145. The first-order chi connectivity index (χ1) is 13.2. The zero-order chi connectivity index (χ0) is 18.6. The normalized spacial score (nSPS) is 12.8. The second kappa shape index (κ2) is 7.98. The molecule has 4 rings (SSSR count). The van der Waals surface area contributed by atoms with Gasteiger partial charge in [0.15, 0.2) is 11.5 Å². The smallest absolute Gasteiger partial charge is 0.306 e. The fraction of sp³-hybridized carbons (Fsp3) is 0.278. The Balaban J connectivity index is 1.29. The fourth-order valence-corrected chi connectivity index (χ4v) is 3.49. The molecule has 0 fully saturated rings. The third-order valence-electron chi connectivity index (χ3n) is 3.81. The van der Waals surface area contributed by atoms with Crippen molar-refractivity contribution in [2.75, 3.05) is 13.2 Å². The van der Waals surface area contributed by atoms with Gasteiger partial charge in [0.1, 0.15) is 19.8 Å². The lowest BCUT2D eigenvalue weighted by atomic mass is 10.2. The van der Waals surface area contributed by atoms with E-state index in [4.69, 9.17) is 30.3 Å². The molecule has 1 aromatic carbocycles. The van der Waals surface area contributed by atoms with Gasteiger partial charge in [0, 0.05) is 6.42 Å². The van der Waals surface area contributed by atoms with Gasteiger partial charge in [0.2, 0.25) is 11.7 Å². The van der Waals surface area contributed by atoms with Crippen LogP contribution in [0, 0.1) is 0 Å². The minimum absolute atomic E-state index is 0.0967. The average molecular weight is 407 g/mol. The highest BCUT2D eigenvalue weighted by atomic mass is 35.5. The molecule has 0 saturated carbocycles. The van der Waals surface area contributed by atoms with Crippen LogP contribution in [-0.4, -0.2) is 29.3 Å².